The molecule has 28 heavy (non-hydrogen) atoms. The average Bonchev–Trinajstić information content (AvgIpc) is 2.70. The Morgan fingerprint density at radius 1 is 1.11 bits per heavy atom. The maximum Gasteiger partial charge on any atom is 0.266 e. The number of H-pyrrole nitrogens is 1. The van der Waals surface area contributed by atoms with Gasteiger partial charge in [0.1, 0.15) is 0 Å². The number of benzene rings is 2. The summed E-state index contributed by atoms with van der Waals surface area (Å²) in [7, 11) is 0. The van der Waals surface area contributed by atoms with Crippen LogP contribution in [0.4, 0.5) is 0 Å². The van der Waals surface area contributed by atoms with Gasteiger partial charge in [-0.1, -0.05) is 31.9 Å². The van der Waals surface area contributed by atoms with Crippen molar-refractivity contribution in [1.29, 1.82) is 0 Å². The first-order valence-corrected chi connectivity index (χ1v) is 10.1. The van der Waals surface area contributed by atoms with Crippen LogP contribution in [0.1, 0.15) is 43.0 Å². The summed E-state index contributed by atoms with van der Waals surface area (Å²) in [6.45, 7) is 2.20. The molecule has 0 bridgehead atoms. The number of nitrogens with zero attached hydrogens (tertiary/aromatic N) is 1. The molecule has 1 saturated carbocycles. The van der Waals surface area contributed by atoms with Gasteiger partial charge < -0.3 is 10.3 Å². The topological polar surface area (TPSA) is 66.9 Å². The summed E-state index contributed by atoms with van der Waals surface area (Å²) < 4.78 is 1.79. The molecule has 2 atom stereocenters. The fraction of sp³-hybridized carbons (Fsp3) is 0.318. The zero-order valence-corrected chi connectivity index (χ0v) is 16.6. The molecule has 3 aromatic rings. The highest BCUT2D eigenvalue weighted by Crippen LogP contribution is 2.24. The second-order valence-corrected chi connectivity index (χ2v) is 7.89. The minimum Gasteiger partial charge on any atom is -0.349 e. The minimum absolute atomic E-state index is 0.0682. The van der Waals surface area contributed by atoms with Crippen molar-refractivity contribution in [3.63, 3.8) is 0 Å². The van der Waals surface area contributed by atoms with Crippen molar-refractivity contribution in [2.75, 3.05) is 0 Å². The van der Waals surface area contributed by atoms with Crippen molar-refractivity contribution in [3.05, 3.63) is 69.2 Å². The first-order chi connectivity index (χ1) is 13.5. The molecule has 1 heterocycles. The van der Waals surface area contributed by atoms with Gasteiger partial charge in [0.2, 0.25) is 0 Å². The Hall–Kier alpha value is -2.73. The van der Waals surface area contributed by atoms with Crippen molar-refractivity contribution >= 4 is 29.0 Å². The number of hydrogen-bond acceptors (Lipinski definition) is 3. The van der Waals surface area contributed by atoms with E-state index in [9.17, 15) is 9.59 Å². The number of carbonyl (C=O) groups excluding carboxylic acids is 1. The zero-order chi connectivity index (χ0) is 19.7. The third-order valence-corrected chi connectivity index (χ3v) is 5.91. The number of fused-ring (bicyclic) bond motifs is 1. The molecule has 1 amide bonds. The van der Waals surface area contributed by atoms with Gasteiger partial charge in [0.05, 0.1) is 16.6 Å². The molecule has 0 radical (unpaired) electrons. The summed E-state index contributed by atoms with van der Waals surface area (Å²) in [5.74, 6) is 0.438. The SMILES string of the molecule is C[C@@H]1CCCC[C@H]1NC(=O)c1ccc(-n2c(=S)[nH]c3ccccc3c2=O)cc1. The quantitative estimate of drug-likeness (QED) is 0.650. The van der Waals surface area contributed by atoms with Crippen LogP contribution in [-0.4, -0.2) is 21.5 Å². The van der Waals surface area contributed by atoms with Crippen LogP contribution in [0.15, 0.2) is 53.3 Å². The molecule has 1 fully saturated rings. The van der Waals surface area contributed by atoms with Gasteiger partial charge in [0.15, 0.2) is 4.77 Å². The molecule has 0 unspecified atom stereocenters. The zero-order valence-electron chi connectivity index (χ0n) is 15.8. The van der Waals surface area contributed by atoms with Gasteiger partial charge in [-0.05, 0) is 67.4 Å². The maximum absolute atomic E-state index is 12.9. The third-order valence-electron chi connectivity index (χ3n) is 5.62. The van der Waals surface area contributed by atoms with Gasteiger partial charge in [-0.2, -0.15) is 0 Å². The molecule has 1 aliphatic rings. The van der Waals surface area contributed by atoms with E-state index in [0.717, 1.165) is 19.3 Å². The van der Waals surface area contributed by atoms with Crippen LogP contribution in [-0.2, 0) is 0 Å². The molecule has 0 saturated heterocycles. The summed E-state index contributed by atoms with van der Waals surface area (Å²) in [6, 6.07) is 14.5. The Kier molecular flexibility index (Phi) is 5.13. The molecular weight excluding hydrogens is 370 g/mol. The van der Waals surface area contributed by atoms with Crippen molar-refractivity contribution in [3.8, 4) is 5.69 Å². The number of aromatic nitrogens is 2. The van der Waals surface area contributed by atoms with Gasteiger partial charge >= 0.3 is 0 Å². The van der Waals surface area contributed by atoms with Crippen LogP contribution in [0.5, 0.6) is 0 Å². The van der Waals surface area contributed by atoms with Crippen LogP contribution >= 0.6 is 12.2 Å². The molecule has 2 aromatic carbocycles. The minimum atomic E-state index is -0.174. The number of aromatic amines is 1. The summed E-state index contributed by atoms with van der Waals surface area (Å²) in [5.41, 5.74) is 1.77. The highest BCUT2D eigenvalue weighted by Gasteiger charge is 2.23. The second kappa shape index (κ2) is 7.72. The van der Waals surface area contributed by atoms with Crippen molar-refractivity contribution < 1.29 is 4.79 Å². The lowest BCUT2D eigenvalue weighted by molar-refractivity contribution is 0.0910. The number of nitrogens with one attached hydrogen (secondary N) is 2. The van der Waals surface area contributed by atoms with E-state index in [1.165, 1.54) is 11.0 Å². The van der Waals surface area contributed by atoms with Crippen molar-refractivity contribution in [2.45, 2.75) is 38.6 Å². The number of hydrogen-bond donors (Lipinski definition) is 2. The Bertz CT molecular complexity index is 1130. The van der Waals surface area contributed by atoms with Crippen LogP contribution in [0.2, 0.25) is 0 Å². The molecule has 0 spiro atoms. The van der Waals surface area contributed by atoms with E-state index in [2.05, 4.69) is 17.2 Å². The molecule has 1 aliphatic carbocycles. The fourth-order valence-electron chi connectivity index (χ4n) is 3.94. The summed E-state index contributed by atoms with van der Waals surface area (Å²) >= 11 is 5.38. The molecule has 1 aromatic heterocycles. The highest BCUT2D eigenvalue weighted by atomic mass is 32.1. The fourth-order valence-corrected chi connectivity index (χ4v) is 4.24. The van der Waals surface area contributed by atoms with Crippen LogP contribution in [0.3, 0.4) is 0 Å². The Morgan fingerprint density at radius 2 is 1.82 bits per heavy atom. The maximum atomic E-state index is 12.9. The van der Waals surface area contributed by atoms with Crippen LogP contribution in [0, 0.1) is 10.7 Å². The average molecular weight is 394 g/mol. The number of rotatable bonds is 3. The summed E-state index contributed by atoms with van der Waals surface area (Å²) in [5, 5.41) is 3.73. The summed E-state index contributed by atoms with van der Waals surface area (Å²) in [4.78, 5) is 28.6. The Labute approximate surface area is 168 Å². The largest absolute Gasteiger partial charge is 0.349 e. The lowest BCUT2D eigenvalue weighted by atomic mass is 9.86. The third kappa shape index (κ3) is 3.52. The van der Waals surface area contributed by atoms with Crippen molar-refractivity contribution in [1.82, 2.24) is 14.9 Å². The second-order valence-electron chi connectivity index (χ2n) is 7.50. The van der Waals surface area contributed by atoms with E-state index < -0.39 is 0 Å². The molecule has 5 nitrogen and oxygen atoms in total. The van der Waals surface area contributed by atoms with Gasteiger partial charge in [0.25, 0.3) is 11.5 Å². The monoisotopic (exact) mass is 393 g/mol. The predicted molar refractivity (Wildman–Crippen MR) is 114 cm³/mol. The highest BCUT2D eigenvalue weighted by molar-refractivity contribution is 7.71. The van der Waals surface area contributed by atoms with Gasteiger partial charge in [-0.15, -0.1) is 0 Å². The molecule has 144 valence electrons. The van der Waals surface area contributed by atoms with Gasteiger partial charge in [-0.3, -0.25) is 14.2 Å². The molecule has 6 heteroatoms. The van der Waals surface area contributed by atoms with Crippen LogP contribution in [0.25, 0.3) is 16.6 Å². The van der Waals surface area contributed by atoms with Crippen molar-refractivity contribution in [2.24, 2.45) is 5.92 Å². The lowest BCUT2D eigenvalue weighted by Gasteiger charge is -2.29. The van der Waals surface area contributed by atoms with E-state index in [4.69, 9.17) is 12.2 Å². The molecule has 2 N–H and O–H groups in total. The molecular formula is C22H23N3O2S. The van der Waals surface area contributed by atoms with E-state index >= 15 is 0 Å². The van der Waals surface area contributed by atoms with E-state index in [1.807, 2.05) is 18.2 Å². The first kappa shape index (κ1) is 18.6. The molecule has 4 rings (SSSR count). The smallest absolute Gasteiger partial charge is 0.266 e. The first-order valence-electron chi connectivity index (χ1n) is 9.70. The lowest BCUT2D eigenvalue weighted by Crippen LogP contribution is -2.41. The van der Waals surface area contributed by atoms with Crippen LogP contribution < -0.4 is 10.9 Å². The van der Waals surface area contributed by atoms with E-state index in [-0.39, 0.29) is 17.5 Å². The standard InChI is InChI=1S/C22H23N3O2S/c1-14-6-2-4-8-18(14)23-20(26)15-10-12-16(13-11-15)25-21(27)17-7-3-5-9-19(17)24-22(25)28/h3,5,7,9-14,18H,2,4,6,8H2,1H3,(H,23,26)(H,24,28)/t14-,18-/m1/s1. The van der Waals surface area contributed by atoms with Gasteiger partial charge in [-0.25, -0.2) is 0 Å². The number of amides is 1. The van der Waals surface area contributed by atoms with E-state index in [1.54, 1.807) is 30.3 Å². The normalized spacial score (nSPS) is 19.5. The van der Waals surface area contributed by atoms with Gasteiger partial charge in [0, 0.05) is 11.6 Å². The number of para-hydroxylation sites is 1. The Morgan fingerprint density at radius 3 is 2.57 bits per heavy atom. The summed E-state index contributed by atoms with van der Waals surface area (Å²) in [6.07, 6.45) is 4.60. The Balaban J connectivity index is 1.62. The molecule has 0 aliphatic heterocycles. The van der Waals surface area contributed by atoms with E-state index in [0.29, 0.717) is 32.8 Å². The predicted octanol–water partition coefficient (Wildman–Crippen LogP) is 4.36. The number of carbonyl (C=O) groups is 1.